The Morgan fingerprint density at radius 1 is 1.09 bits per heavy atom. The van der Waals surface area contributed by atoms with Gasteiger partial charge in [0, 0.05) is 25.7 Å². The molecule has 0 spiro atoms. The summed E-state index contributed by atoms with van der Waals surface area (Å²) in [6.07, 6.45) is 3.40. The second kappa shape index (κ2) is 9.30. The lowest BCUT2D eigenvalue weighted by Crippen LogP contribution is -2.35. The minimum atomic E-state index is -3.82. The predicted molar refractivity (Wildman–Crippen MR) is 118 cm³/mol. The van der Waals surface area contributed by atoms with E-state index in [9.17, 15) is 18.0 Å². The first kappa shape index (κ1) is 22.3. The summed E-state index contributed by atoms with van der Waals surface area (Å²) in [6.45, 7) is 4.64. The summed E-state index contributed by atoms with van der Waals surface area (Å²) in [6, 6.07) is 12.5. The zero-order chi connectivity index (χ0) is 22.7. The topological polar surface area (TPSA) is 109 Å². The molecule has 1 saturated heterocycles. The van der Waals surface area contributed by atoms with Crippen molar-refractivity contribution in [2.75, 3.05) is 19.6 Å². The number of furan rings is 1. The molecule has 2 N–H and O–H groups in total. The Hall–Kier alpha value is -2.91. The van der Waals surface area contributed by atoms with Crippen molar-refractivity contribution in [1.82, 2.24) is 14.9 Å². The first-order valence-electron chi connectivity index (χ1n) is 10.7. The van der Waals surface area contributed by atoms with Crippen LogP contribution >= 0.6 is 0 Å². The van der Waals surface area contributed by atoms with E-state index in [4.69, 9.17) is 4.42 Å². The van der Waals surface area contributed by atoms with Crippen LogP contribution in [0.25, 0.3) is 0 Å². The van der Waals surface area contributed by atoms with E-state index in [1.807, 2.05) is 30.3 Å². The molecular weight excluding hydrogens is 430 g/mol. The van der Waals surface area contributed by atoms with Crippen molar-refractivity contribution in [3.05, 3.63) is 66.4 Å². The molecule has 32 heavy (non-hydrogen) atoms. The molecule has 0 radical (unpaired) electrons. The molecule has 8 nitrogen and oxygen atoms in total. The van der Waals surface area contributed by atoms with Crippen LogP contribution in [-0.4, -0.2) is 50.2 Å². The van der Waals surface area contributed by atoms with Crippen molar-refractivity contribution >= 4 is 21.8 Å². The standard InChI is InChI=1S/C23H27N3O5S/c1-2-21(27)25-19-12-17-14-26(15-18(17)13-19)32(29,30)22-9-8-20(31-22)23(28)24-11-10-16-6-4-3-5-7-16/h2-9,17-19H,1,10-15H2,(H,24,28)(H,25,27). The van der Waals surface area contributed by atoms with Gasteiger partial charge in [-0.05, 0) is 54.9 Å². The van der Waals surface area contributed by atoms with Crippen molar-refractivity contribution in [3.63, 3.8) is 0 Å². The minimum absolute atomic E-state index is 0.0248. The van der Waals surface area contributed by atoms with Gasteiger partial charge in [-0.3, -0.25) is 9.59 Å². The fourth-order valence-electron chi connectivity index (χ4n) is 4.59. The number of hydrogen-bond donors (Lipinski definition) is 2. The Morgan fingerprint density at radius 2 is 1.78 bits per heavy atom. The van der Waals surface area contributed by atoms with Crippen LogP contribution < -0.4 is 10.6 Å². The van der Waals surface area contributed by atoms with E-state index in [-0.39, 0.29) is 34.6 Å². The highest BCUT2D eigenvalue weighted by molar-refractivity contribution is 7.89. The number of rotatable bonds is 8. The quantitative estimate of drug-likeness (QED) is 0.589. The molecule has 2 aliphatic rings. The van der Waals surface area contributed by atoms with Gasteiger partial charge in [0.25, 0.3) is 15.9 Å². The minimum Gasteiger partial charge on any atom is -0.438 e. The summed E-state index contributed by atoms with van der Waals surface area (Å²) in [4.78, 5) is 23.9. The SMILES string of the molecule is C=CC(=O)NC1CC2CN(S(=O)(=O)c3ccc(C(=O)NCCc4ccccc4)o3)CC2C1. The lowest BCUT2D eigenvalue weighted by Gasteiger charge is -2.18. The number of hydrogen-bond acceptors (Lipinski definition) is 5. The average Bonchev–Trinajstić information content (AvgIpc) is 3.50. The molecule has 1 aliphatic carbocycles. The van der Waals surface area contributed by atoms with Crippen molar-refractivity contribution in [3.8, 4) is 0 Å². The van der Waals surface area contributed by atoms with E-state index >= 15 is 0 Å². The highest BCUT2D eigenvalue weighted by Gasteiger charge is 2.45. The van der Waals surface area contributed by atoms with Crippen LogP contribution in [0, 0.1) is 11.8 Å². The van der Waals surface area contributed by atoms with Crippen LogP contribution in [0.5, 0.6) is 0 Å². The third kappa shape index (κ3) is 4.78. The van der Waals surface area contributed by atoms with Gasteiger partial charge in [-0.2, -0.15) is 4.31 Å². The Morgan fingerprint density at radius 3 is 2.44 bits per heavy atom. The third-order valence-electron chi connectivity index (χ3n) is 6.19. The van der Waals surface area contributed by atoms with Gasteiger partial charge in [0.1, 0.15) is 0 Å². The predicted octanol–water partition coefficient (Wildman–Crippen LogP) is 1.95. The maximum absolute atomic E-state index is 13.0. The Labute approximate surface area is 187 Å². The molecule has 1 aromatic heterocycles. The zero-order valence-corrected chi connectivity index (χ0v) is 18.5. The van der Waals surface area contributed by atoms with Gasteiger partial charge >= 0.3 is 0 Å². The molecule has 1 aliphatic heterocycles. The molecule has 0 bridgehead atoms. The van der Waals surface area contributed by atoms with Gasteiger partial charge in [-0.25, -0.2) is 8.42 Å². The lowest BCUT2D eigenvalue weighted by molar-refractivity contribution is -0.117. The van der Waals surface area contributed by atoms with E-state index in [0.717, 1.165) is 18.4 Å². The molecule has 2 fully saturated rings. The summed E-state index contributed by atoms with van der Waals surface area (Å²) < 4.78 is 32.9. The Balaban J connectivity index is 1.32. The van der Waals surface area contributed by atoms with Crippen molar-refractivity contribution in [2.45, 2.75) is 30.4 Å². The molecule has 170 valence electrons. The fourth-order valence-corrected chi connectivity index (χ4v) is 6.06. The molecular formula is C23H27N3O5S. The smallest absolute Gasteiger partial charge is 0.287 e. The number of carbonyl (C=O) groups excluding carboxylic acids is 2. The molecule has 1 aromatic carbocycles. The number of nitrogens with zero attached hydrogens (tertiary/aromatic N) is 1. The molecule has 2 atom stereocenters. The molecule has 2 amide bonds. The number of benzene rings is 1. The van der Waals surface area contributed by atoms with Crippen LogP contribution in [0.4, 0.5) is 0 Å². The summed E-state index contributed by atoms with van der Waals surface area (Å²) in [7, 11) is -3.82. The van der Waals surface area contributed by atoms with E-state index < -0.39 is 15.9 Å². The molecule has 4 rings (SSSR count). The Bertz CT molecular complexity index is 1080. The van der Waals surface area contributed by atoms with E-state index in [0.29, 0.717) is 26.1 Å². The van der Waals surface area contributed by atoms with Gasteiger partial charge in [0.05, 0.1) is 0 Å². The maximum atomic E-state index is 13.0. The molecule has 2 aromatic rings. The normalized spacial score (nSPS) is 22.9. The fraction of sp³-hybridized carbons (Fsp3) is 0.391. The van der Waals surface area contributed by atoms with Gasteiger partial charge in [-0.1, -0.05) is 36.9 Å². The Kier molecular flexibility index (Phi) is 6.48. The summed E-state index contributed by atoms with van der Waals surface area (Å²) in [5, 5.41) is 5.43. The first-order valence-corrected chi connectivity index (χ1v) is 12.2. The molecule has 2 heterocycles. The number of fused-ring (bicyclic) bond motifs is 1. The van der Waals surface area contributed by atoms with Crippen LogP contribution in [0.15, 0.2) is 64.6 Å². The third-order valence-corrected chi connectivity index (χ3v) is 7.90. The van der Waals surface area contributed by atoms with Crippen molar-refractivity contribution in [1.29, 1.82) is 0 Å². The van der Waals surface area contributed by atoms with Crippen LogP contribution in [0.2, 0.25) is 0 Å². The largest absolute Gasteiger partial charge is 0.438 e. The monoisotopic (exact) mass is 457 g/mol. The zero-order valence-electron chi connectivity index (χ0n) is 17.7. The lowest BCUT2D eigenvalue weighted by atomic mass is 10.0. The highest BCUT2D eigenvalue weighted by Crippen LogP contribution is 2.40. The second-order valence-corrected chi connectivity index (χ2v) is 10.2. The second-order valence-electron chi connectivity index (χ2n) is 8.33. The number of sulfonamides is 1. The molecule has 2 unspecified atom stereocenters. The highest BCUT2D eigenvalue weighted by atomic mass is 32.2. The van der Waals surface area contributed by atoms with Gasteiger partial charge < -0.3 is 15.1 Å². The van der Waals surface area contributed by atoms with Gasteiger partial charge in [-0.15, -0.1) is 0 Å². The van der Waals surface area contributed by atoms with Gasteiger partial charge in [0.15, 0.2) is 5.76 Å². The van der Waals surface area contributed by atoms with Crippen molar-refractivity contribution in [2.24, 2.45) is 11.8 Å². The van der Waals surface area contributed by atoms with Crippen LogP contribution in [0.1, 0.15) is 29.0 Å². The van der Waals surface area contributed by atoms with Gasteiger partial charge in [0.2, 0.25) is 11.0 Å². The number of nitrogens with one attached hydrogen (secondary N) is 2. The number of carbonyl (C=O) groups is 2. The number of amides is 2. The van der Waals surface area contributed by atoms with E-state index in [2.05, 4.69) is 17.2 Å². The molecule has 1 saturated carbocycles. The summed E-state index contributed by atoms with van der Waals surface area (Å²) in [5.41, 5.74) is 1.10. The van der Waals surface area contributed by atoms with Crippen LogP contribution in [-0.2, 0) is 21.2 Å². The van der Waals surface area contributed by atoms with Crippen molar-refractivity contribution < 1.29 is 22.4 Å². The maximum Gasteiger partial charge on any atom is 0.287 e. The molecule has 9 heteroatoms. The first-order chi connectivity index (χ1) is 15.4. The van der Waals surface area contributed by atoms with E-state index in [1.54, 1.807) is 0 Å². The summed E-state index contributed by atoms with van der Waals surface area (Å²) in [5.74, 6) is -0.291. The average molecular weight is 458 g/mol. The summed E-state index contributed by atoms with van der Waals surface area (Å²) >= 11 is 0. The van der Waals surface area contributed by atoms with Crippen LogP contribution in [0.3, 0.4) is 0 Å². The van der Waals surface area contributed by atoms with E-state index in [1.165, 1.54) is 22.5 Å².